The molecule has 1 fully saturated rings. The number of benzene rings is 1. The molecule has 2 aromatic rings. The SMILES string of the molecule is CN(Cc1ccc(C(C)(C)C)cc1)c1ccc(S(=O)(=O)N2CCOCC2)cn1. The average molecular weight is 404 g/mol. The molecule has 7 heteroatoms. The molecule has 0 unspecified atom stereocenters. The van der Waals surface area contributed by atoms with Crippen LogP contribution in [0.15, 0.2) is 47.5 Å². The van der Waals surface area contributed by atoms with Crippen LogP contribution in [0.25, 0.3) is 0 Å². The number of hydrogen-bond acceptors (Lipinski definition) is 5. The Morgan fingerprint density at radius 1 is 1.07 bits per heavy atom. The third-order valence-corrected chi connectivity index (χ3v) is 6.84. The molecule has 1 aromatic heterocycles. The summed E-state index contributed by atoms with van der Waals surface area (Å²) in [4.78, 5) is 6.62. The molecule has 0 aliphatic carbocycles. The molecule has 1 saturated heterocycles. The monoisotopic (exact) mass is 403 g/mol. The summed E-state index contributed by atoms with van der Waals surface area (Å²) in [7, 11) is -1.56. The predicted octanol–water partition coefficient (Wildman–Crippen LogP) is 3.04. The highest BCUT2D eigenvalue weighted by molar-refractivity contribution is 7.89. The van der Waals surface area contributed by atoms with Crippen molar-refractivity contribution in [2.45, 2.75) is 37.6 Å². The maximum atomic E-state index is 12.7. The maximum Gasteiger partial charge on any atom is 0.244 e. The highest BCUT2D eigenvalue weighted by Gasteiger charge is 2.26. The minimum atomic E-state index is -3.51. The summed E-state index contributed by atoms with van der Waals surface area (Å²) in [6.45, 7) is 8.93. The molecule has 0 amide bonds. The van der Waals surface area contributed by atoms with Crippen LogP contribution in [-0.4, -0.2) is 51.1 Å². The highest BCUT2D eigenvalue weighted by Crippen LogP contribution is 2.23. The second-order valence-electron chi connectivity index (χ2n) is 8.17. The van der Waals surface area contributed by atoms with Gasteiger partial charge in [0.05, 0.1) is 13.2 Å². The second kappa shape index (κ2) is 8.19. The van der Waals surface area contributed by atoms with Crippen LogP contribution in [-0.2, 0) is 26.7 Å². The molecule has 1 aliphatic rings. The maximum absolute atomic E-state index is 12.7. The van der Waals surface area contributed by atoms with Gasteiger partial charge in [-0.3, -0.25) is 0 Å². The zero-order chi connectivity index (χ0) is 20.4. The second-order valence-corrected chi connectivity index (χ2v) is 10.1. The Bertz CT molecular complexity index is 882. The van der Waals surface area contributed by atoms with Gasteiger partial charge in [0.1, 0.15) is 10.7 Å². The highest BCUT2D eigenvalue weighted by atomic mass is 32.2. The summed E-state index contributed by atoms with van der Waals surface area (Å²) in [5.74, 6) is 0.737. The molecule has 0 atom stereocenters. The van der Waals surface area contributed by atoms with E-state index < -0.39 is 10.0 Å². The van der Waals surface area contributed by atoms with Crippen LogP contribution in [0.1, 0.15) is 31.9 Å². The van der Waals surface area contributed by atoms with Gasteiger partial charge in [-0.25, -0.2) is 13.4 Å². The molecule has 0 N–H and O–H groups in total. The predicted molar refractivity (Wildman–Crippen MR) is 111 cm³/mol. The summed E-state index contributed by atoms with van der Waals surface area (Å²) in [5, 5.41) is 0. The molecular weight excluding hydrogens is 374 g/mol. The first-order chi connectivity index (χ1) is 13.2. The van der Waals surface area contributed by atoms with Crippen LogP contribution in [0.4, 0.5) is 5.82 Å². The van der Waals surface area contributed by atoms with Crippen molar-refractivity contribution in [3.05, 3.63) is 53.7 Å². The first-order valence-corrected chi connectivity index (χ1v) is 11.0. The van der Waals surface area contributed by atoms with E-state index in [1.54, 1.807) is 12.1 Å². The molecular formula is C21H29N3O3S. The van der Waals surface area contributed by atoms with E-state index >= 15 is 0 Å². The fourth-order valence-electron chi connectivity index (χ4n) is 3.15. The number of ether oxygens (including phenoxy) is 1. The van der Waals surface area contributed by atoms with Crippen LogP contribution in [0.5, 0.6) is 0 Å². The van der Waals surface area contributed by atoms with Crippen molar-refractivity contribution < 1.29 is 13.2 Å². The molecule has 0 spiro atoms. The summed E-state index contributed by atoms with van der Waals surface area (Å²) >= 11 is 0. The van der Waals surface area contributed by atoms with Gasteiger partial charge in [-0.15, -0.1) is 0 Å². The van der Waals surface area contributed by atoms with E-state index in [1.807, 2.05) is 11.9 Å². The van der Waals surface area contributed by atoms with E-state index in [9.17, 15) is 8.42 Å². The van der Waals surface area contributed by atoms with Crippen molar-refractivity contribution in [1.29, 1.82) is 0 Å². The molecule has 0 radical (unpaired) electrons. The van der Waals surface area contributed by atoms with E-state index in [-0.39, 0.29) is 10.3 Å². The van der Waals surface area contributed by atoms with Crippen LogP contribution in [0.3, 0.4) is 0 Å². The molecule has 1 aliphatic heterocycles. The molecule has 2 heterocycles. The molecule has 28 heavy (non-hydrogen) atoms. The number of sulfonamides is 1. The summed E-state index contributed by atoms with van der Waals surface area (Å²) in [6.07, 6.45) is 1.44. The molecule has 3 rings (SSSR count). The summed E-state index contributed by atoms with van der Waals surface area (Å²) in [6, 6.07) is 12.0. The number of anilines is 1. The van der Waals surface area contributed by atoms with Gasteiger partial charge in [0.15, 0.2) is 0 Å². The standard InChI is InChI=1S/C21H29N3O3S/c1-21(2,3)18-7-5-17(6-8-18)16-23(4)20-10-9-19(15-22-20)28(25,26)24-11-13-27-14-12-24/h5-10,15H,11-14,16H2,1-4H3. The number of pyridine rings is 1. The smallest absolute Gasteiger partial charge is 0.244 e. The van der Waals surface area contributed by atoms with Gasteiger partial charge in [0, 0.05) is 32.9 Å². The molecule has 0 saturated carbocycles. The van der Waals surface area contributed by atoms with Gasteiger partial charge >= 0.3 is 0 Å². The van der Waals surface area contributed by atoms with Gasteiger partial charge < -0.3 is 9.64 Å². The van der Waals surface area contributed by atoms with Gasteiger partial charge in [-0.05, 0) is 28.7 Å². The number of rotatable bonds is 5. The number of nitrogens with zero attached hydrogens (tertiary/aromatic N) is 3. The normalized spacial score (nSPS) is 16.1. The fraction of sp³-hybridized carbons (Fsp3) is 0.476. The van der Waals surface area contributed by atoms with Crippen molar-refractivity contribution in [3.8, 4) is 0 Å². The summed E-state index contributed by atoms with van der Waals surface area (Å²) < 4.78 is 32.1. The van der Waals surface area contributed by atoms with Crippen LogP contribution >= 0.6 is 0 Å². The Hall–Kier alpha value is -1.96. The van der Waals surface area contributed by atoms with Crippen molar-refractivity contribution in [2.24, 2.45) is 0 Å². The van der Waals surface area contributed by atoms with E-state index in [4.69, 9.17) is 4.74 Å². The van der Waals surface area contributed by atoms with Crippen molar-refractivity contribution >= 4 is 15.8 Å². The van der Waals surface area contributed by atoms with E-state index in [2.05, 4.69) is 50.0 Å². The van der Waals surface area contributed by atoms with Gasteiger partial charge in [-0.2, -0.15) is 4.31 Å². The average Bonchev–Trinajstić information content (AvgIpc) is 2.68. The van der Waals surface area contributed by atoms with E-state index in [0.29, 0.717) is 32.8 Å². The Morgan fingerprint density at radius 2 is 1.71 bits per heavy atom. The van der Waals surface area contributed by atoms with Crippen molar-refractivity contribution in [3.63, 3.8) is 0 Å². The third-order valence-electron chi connectivity index (χ3n) is 4.96. The number of morpholine rings is 1. The number of hydrogen-bond donors (Lipinski definition) is 0. The molecule has 0 bridgehead atoms. The lowest BCUT2D eigenvalue weighted by Gasteiger charge is -2.26. The largest absolute Gasteiger partial charge is 0.379 e. The first-order valence-electron chi connectivity index (χ1n) is 9.52. The Labute approximate surface area is 168 Å². The fourth-order valence-corrected chi connectivity index (χ4v) is 4.51. The quantitative estimate of drug-likeness (QED) is 0.768. The Balaban J connectivity index is 1.69. The topological polar surface area (TPSA) is 62.7 Å². The molecule has 6 nitrogen and oxygen atoms in total. The first kappa shape index (κ1) is 20.8. The van der Waals surface area contributed by atoms with Crippen molar-refractivity contribution in [2.75, 3.05) is 38.3 Å². The Kier molecular flexibility index (Phi) is 6.07. The number of aromatic nitrogens is 1. The minimum Gasteiger partial charge on any atom is -0.379 e. The van der Waals surface area contributed by atoms with Gasteiger partial charge in [0.2, 0.25) is 10.0 Å². The summed E-state index contributed by atoms with van der Waals surface area (Å²) in [5.41, 5.74) is 2.62. The van der Waals surface area contributed by atoms with E-state index in [0.717, 1.165) is 5.82 Å². The third kappa shape index (κ3) is 4.71. The van der Waals surface area contributed by atoms with Crippen LogP contribution in [0, 0.1) is 0 Å². The zero-order valence-electron chi connectivity index (χ0n) is 17.1. The van der Waals surface area contributed by atoms with Crippen LogP contribution in [0.2, 0.25) is 0 Å². The van der Waals surface area contributed by atoms with E-state index in [1.165, 1.54) is 21.6 Å². The zero-order valence-corrected chi connectivity index (χ0v) is 17.9. The Morgan fingerprint density at radius 3 is 2.25 bits per heavy atom. The lowest BCUT2D eigenvalue weighted by molar-refractivity contribution is 0.0730. The van der Waals surface area contributed by atoms with Gasteiger partial charge in [-0.1, -0.05) is 45.0 Å². The van der Waals surface area contributed by atoms with Crippen molar-refractivity contribution in [1.82, 2.24) is 9.29 Å². The lowest BCUT2D eigenvalue weighted by Crippen LogP contribution is -2.40. The lowest BCUT2D eigenvalue weighted by atomic mass is 9.87. The molecule has 1 aromatic carbocycles. The van der Waals surface area contributed by atoms with Gasteiger partial charge in [0.25, 0.3) is 0 Å². The van der Waals surface area contributed by atoms with Crippen LogP contribution < -0.4 is 4.90 Å². The minimum absolute atomic E-state index is 0.133. The molecule has 152 valence electrons.